The van der Waals surface area contributed by atoms with E-state index in [-0.39, 0.29) is 11.6 Å². The number of thiophene rings is 1. The van der Waals surface area contributed by atoms with Gasteiger partial charge >= 0.3 is 6.03 Å². The van der Waals surface area contributed by atoms with Gasteiger partial charge in [0.25, 0.3) is 0 Å². The Labute approximate surface area is 138 Å². The van der Waals surface area contributed by atoms with Crippen molar-refractivity contribution in [1.82, 2.24) is 4.90 Å². The Balaban J connectivity index is 1.86. The van der Waals surface area contributed by atoms with Crippen LogP contribution in [-0.4, -0.2) is 48.8 Å². The highest BCUT2D eigenvalue weighted by Gasteiger charge is 2.32. The molecular weight excluding hydrogens is 320 g/mol. The van der Waals surface area contributed by atoms with Crippen LogP contribution in [0.2, 0.25) is 0 Å². The molecule has 8 heteroatoms. The Bertz CT molecular complexity index is 634. The maximum Gasteiger partial charge on any atom is 0.322 e. The van der Waals surface area contributed by atoms with Gasteiger partial charge < -0.3 is 24.3 Å². The van der Waals surface area contributed by atoms with Gasteiger partial charge in [0.2, 0.25) is 0 Å². The Hall–Kier alpha value is -1.64. The molecule has 1 aromatic heterocycles. The number of fused-ring (bicyclic) bond motifs is 1. The molecule has 3 rings (SSSR count). The second-order valence-electron chi connectivity index (χ2n) is 6.25. The van der Waals surface area contributed by atoms with Gasteiger partial charge in [-0.25, -0.2) is 4.79 Å². The quantitative estimate of drug-likeness (QED) is 0.862. The van der Waals surface area contributed by atoms with Gasteiger partial charge in [0, 0.05) is 30.0 Å². The van der Waals surface area contributed by atoms with Gasteiger partial charge in [-0.2, -0.15) is 0 Å². The average Bonchev–Trinajstić information content (AvgIpc) is 2.84. The fourth-order valence-electron chi connectivity index (χ4n) is 2.80. The second kappa shape index (κ2) is 6.10. The molecule has 7 nitrogen and oxygen atoms in total. The summed E-state index contributed by atoms with van der Waals surface area (Å²) in [6.45, 7) is 6.15. The number of hydrogen-bond donors (Lipinski definition) is 1. The number of aromatic carboxylic acids is 1. The minimum atomic E-state index is -1.27. The summed E-state index contributed by atoms with van der Waals surface area (Å²) >= 11 is 1.25. The van der Waals surface area contributed by atoms with Crippen LogP contribution in [0.4, 0.5) is 9.80 Å². The lowest BCUT2D eigenvalue weighted by Crippen LogP contribution is -2.43. The van der Waals surface area contributed by atoms with E-state index in [9.17, 15) is 14.7 Å². The first-order valence-corrected chi connectivity index (χ1v) is 8.32. The molecule has 1 fully saturated rings. The lowest BCUT2D eigenvalue weighted by molar-refractivity contribution is -0.255. The van der Waals surface area contributed by atoms with Crippen molar-refractivity contribution in [2.24, 2.45) is 0 Å². The SMILES string of the molecule is CC1(C)Cc2c(sc(NC(=O)N3CCOCC3)c2C(=O)[O-])CO1. The summed E-state index contributed by atoms with van der Waals surface area (Å²) in [6, 6.07) is -0.311. The summed E-state index contributed by atoms with van der Waals surface area (Å²) in [4.78, 5) is 26.3. The summed E-state index contributed by atoms with van der Waals surface area (Å²) in [7, 11) is 0. The van der Waals surface area contributed by atoms with Crippen molar-refractivity contribution in [1.29, 1.82) is 0 Å². The predicted octanol–water partition coefficient (Wildman–Crippen LogP) is 0.827. The van der Waals surface area contributed by atoms with E-state index in [0.717, 1.165) is 4.88 Å². The van der Waals surface area contributed by atoms with Gasteiger partial charge in [0.05, 0.1) is 31.4 Å². The summed E-state index contributed by atoms with van der Waals surface area (Å²) in [6.07, 6.45) is 0.482. The maximum atomic E-state index is 12.3. The highest BCUT2D eigenvalue weighted by molar-refractivity contribution is 7.16. The summed E-state index contributed by atoms with van der Waals surface area (Å²) in [5.74, 6) is -1.27. The molecule has 0 aliphatic carbocycles. The van der Waals surface area contributed by atoms with E-state index in [0.29, 0.717) is 49.9 Å². The van der Waals surface area contributed by atoms with E-state index in [2.05, 4.69) is 5.32 Å². The number of urea groups is 1. The zero-order valence-corrected chi connectivity index (χ0v) is 14.0. The van der Waals surface area contributed by atoms with Gasteiger partial charge in [0.15, 0.2) is 0 Å². The Morgan fingerprint density at radius 3 is 2.65 bits per heavy atom. The minimum absolute atomic E-state index is 0.0861. The predicted molar refractivity (Wildman–Crippen MR) is 82.6 cm³/mol. The molecule has 0 saturated carbocycles. The van der Waals surface area contributed by atoms with Gasteiger partial charge in [-0.3, -0.25) is 5.32 Å². The Morgan fingerprint density at radius 2 is 2.00 bits per heavy atom. The van der Waals surface area contributed by atoms with Crippen LogP contribution < -0.4 is 10.4 Å². The van der Waals surface area contributed by atoms with Crippen molar-refractivity contribution in [3.05, 3.63) is 16.0 Å². The second-order valence-corrected chi connectivity index (χ2v) is 7.36. The fraction of sp³-hybridized carbons (Fsp3) is 0.600. The zero-order valence-electron chi connectivity index (χ0n) is 13.1. The van der Waals surface area contributed by atoms with E-state index >= 15 is 0 Å². The molecule has 3 heterocycles. The van der Waals surface area contributed by atoms with Crippen LogP contribution in [0.25, 0.3) is 0 Å². The first-order valence-electron chi connectivity index (χ1n) is 7.51. The minimum Gasteiger partial charge on any atom is -0.545 e. The largest absolute Gasteiger partial charge is 0.545 e. The van der Waals surface area contributed by atoms with Crippen molar-refractivity contribution in [3.8, 4) is 0 Å². The molecular formula is C15H19N2O5S-. The summed E-state index contributed by atoms with van der Waals surface area (Å²) < 4.78 is 10.9. The number of anilines is 1. The van der Waals surface area contributed by atoms with E-state index in [1.807, 2.05) is 13.8 Å². The van der Waals surface area contributed by atoms with E-state index < -0.39 is 11.6 Å². The summed E-state index contributed by atoms with van der Waals surface area (Å²) in [5.41, 5.74) is 0.371. The highest BCUT2D eigenvalue weighted by atomic mass is 32.1. The number of nitrogens with one attached hydrogen (secondary N) is 1. The number of morpholine rings is 1. The third-order valence-corrected chi connectivity index (χ3v) is 5.13. The molecule has 23 heavy (non-hydrogen) atoms. The lowest BCUT2D eigenvalue weighted by atomic mass is 9.93. The number of carbonyl (C=O) groups excluding carboxylic acids is 2. The molecule has 2 amide bonds. The van der Waals surface area contributed by atoms with Crippen LogP contribution >= 0.6 is 11.3 Å². The molecule has 0 bridgehead atoms. The van der Waals surface area contributed by atoms with Gasteiger partial charge in [-0.15, -0.1) is 11.3 Å². The number of carbonyl (C=O) groups is 2. The summed E-state index contributed by atoms with van der Waals surface area (Å²) in [5, 5.41) is 14.6. The average molecular weight is 339 g/mol. The van der Waals surface area contributed by atoms with Crippen molar-refractivity contribution < 1.29 is 24.2 Å². The molecule has 0 radical (unpaired) electrons. The third-order valence-electron chi connectivity index (χ3n) is 4.01. The topological polar surface area (TPSA) is 90.9 Å². The molecule has 126 valence electrons. The van der Waals surface area contributed by atoms with Crippen LogP contribution in [0.3, 0.4) is 0 Å². The monoisotopic (exact) mass is 339 g/mol. The number of carboxylic acid groups (broad SMARTS) is 1. The van der Waals surface area contributed by atoms with Gasteiger partial charge in [0.1, 0.15) is 5.00 Å². The van der Waals surface area contributed by atoms with Crippen molar-refractivity contribution >= 4 is 28.3 Å². The van der Waals surface area contributed by atoms with Crippen molar-refractivity contribution in [2.75, 3.05) is 31.6 Å². The van der Waals surface area contributed by atoms with E-state index in [1.54, 1.807) is 4.90 Å². The number of ether oxygens (including phenoxy) is 2. The number of amides is 2. The first kappa shape index (κ1) is 16.2. The molecule has 2 aliphatic rings. The van der Waals surface area contributed by atoms with Gasteiger partial charge in [-0.1, -0.05) is 0 Å². The van der Waals surface area contributed by atoms with Crippen LogP contribution in [0.15, 0.2) is 0 Å². The number of rotatable bonds is 2. The molecule has 1 N–H and O–H groups in total. The van der Waals surface area contributed by atoms with Crippen molar-refractivity contribution in [2.45, 2.75) is 32.5 Å². The third kappa shape index (κ3) is 3.34. The van der Waals surface area contributed by atoms with Crippen LogP contribution in [0, 0.1) is 0 Å². The molecule has 1 saturated heterocycles. The Morgan fingerprint density at radius 1 is 1.30 bits per heavy atom. The van der Waals surface area contributed by atoms with Crippen LogP contribution in [0.5, 0.6) is 0 Å². The lowest BCUT2D eigenvalue weighted by Gasteiger charge is -2.30. The number of nitrogens with zero attached hydrogens (tertiary/aromatic N) is 1. The molecule has 0 aromatic carbocycles. The molecule has 0 atom stereocenters. The van der Waals surface area contributed by atoms with Crippen LogP contribution in [-0.2, 0) is 22.5 Å². The zero-order chi connectivity index (χ0) is 16.6. The normalized spacial score (nSPS) is 20.0. The Kier molecular flexibility index (Phi) is 4.31. The molecule has 2 aliphatic heterocycles. The molecule has 0 unspecified atom stereocenters. The maximum absolute atomic E-state index is 12.3. The molecule has 0 spiro atoms. The standard InChI is InChI=1S/C15H20N2O5S/c1-15(2)7-9-10(8-22-15)23-12(11(9)13(18)19)16-14(20)17-3-5-21-6-4-17/h3-8H2,1-2H3,(H,16,20)(H,18,19)/p-1. The van der Waals surface area contributed by atoms with Crippen LogP contribution in [0.1, 0.15) is 34.6 Å². The smallest absolute Gasteiger partial charge is 0.322 e. The van der Waals surface area contributed by atoms with E-state index in [1.165, 1.54) is 11.3 Å². The highest BCUT2D eigenvalue weighted by Crippen LogP contribution is 2.40. The first-order chi connectivity index (χ1) is 10.9. The molecule has 1 aromatic rings. The van der Waals surface area contributed by atoms with E-state index in [4.69, 9.17) is 9.47 Å². The number of carboxylic acids is 1. The fourth-order valence-corrected chi connectivity index (χ4v) is 3.91. The van der Waals surface area contributed by atoms with Gasteiger partial charge in [-0.05, 0) is 19.4 Å². The van der Waals surface area contributed by atoms with Crippen molar-refractivity contribution in [3.63, 3.8) is 0 Å². The number of hydrogen-bond acceptors (Lipinski definition) is 6.